The molecule has 0 atom stereocenters. The maximum absolute atomic E-state index is 11.9. The van der Waals surface area contributed by atoms with Crippen molar-refractivity contribution >= 4 is 17.8 Å². The number of ether oxygens (including phenoxy) is 3. The van der Waals surface area contributed by atoms with Crippen LogP contribution in [0.5, 0.6) is 11.5 Å². The van der Waals surface area contributed by atoms with Crippen LogP contribution >= 0.6 is 0 Å². The first kappa shape index (κ1) is 20.0. The lowest BCUT2D eigenvalue weighted by atomic mass is 10.3. The van der Waals surface area contributed by atoms with Gasteiger partial charge in [-0.1, -0.05) is 0 Å². The molecule has 2 aromatic rings. The van der Waals surface area contributed by atoms with Crippen molar-refractivity contribution in [3.8, 4) is 11.5 Å². The van der Waals surface area contributed by atoms with E-state index in [1.807, 2.05) is 6.92 Å². The molecule has 0 unspecified atom stereocenters. The third-order valence-electron chi connectivity index (χ3n) is 3.50. The topological polar surface area (TPSA) is 95.9 Å². The van der Waals surface area contributed by atoms with Crippen molar-refractivity contribution in [2.45, 2.75) is 13.3 Å². The van der Waals surface area contributed by atoms with E-state index in [1.165, 1.54) is 0 Å². The Hall–Kier alpha value is -3.29. The molecule has 0 saturated carbocycles. The summed E-state index contributed by atoms with van der Waals surface area (Å²) in [6.45, 7) is 2.05. The Morgan fingerprint density at radius 3 is 2.30 bits per heavy atom. The number of imide groups is 1. The fourth-order valence-electron chi connectivity index (χ4n) is 2.19. The van der Waals surface area contributed by atoms with Crippen molar-refractivity contribution in [3.05, 3.63) is 48.3 Å². The van der Waals surface area contributed by atoms with E-state index in [9.17, 15) is 14.4 Å². The largest absolute Gasteiger partial charge is 0.494 e. The molecular weight excluding hydrogens is 352 g/mol. The van der Waals surface area contributed by atoms with Crippen molar-refractivity contribution in [3.63, 3.8) is 0 Å². The average molecular weight is 374 g/mol. The zero-order valence-electron chi connectivity index (χ0n) is 15.3. The summed E-state index contributed by atoms with van der Waals surface area (Å²) in [5.41, 5.74) is 0.332. The van der Waals surface area contributed by atoms with Gasteiger partial charge in [0.25, 0.3) is 11.8 Å². The van der Waals surface area contributed by atoms with E-state index in [-0.39, 0.29) is 13.0 Å². The van der Waals surface area contributed by atoms with Crippen molar-refractivity contribution in [1.29, 1.82) is 0 Å². The molecule has 1 N–H and O–H groups in total. The minimum absolute atomic E-state index is 0.0216. The molecule has 2 rings (SSSR count). The Bertz CT molecular complexity index is 782. The molecule has 1 heterocycles. The quantitative estimate of drug-likeness (QED) is 0.671. The highest BCUT2D eigenvalue weighted by molar-refractivity contribution is 6.04. The molecule has 0 aliphatic rings. The lowest BCUT2D eigenvalue weighted by Gasteiger charge is -2.08. The highest BCUT2D eigenvalue weighted by atomic mass is 16.5. The van der Waals surface area contributed by atoms with Crippen LogP contribution in [0.4, 0.5) is 0 Å². The molecule has 8 heteroatoms. The second kappa shape index (κ2) is 10.0. The van der Waals surface area contributed by atoms with Gasteiger partial charge in [-0.25, -0.2) is 0 Å². The molecule has 2 amide bonds. The van der Waals surface area contributed by atoms with Crippen LogP contribution in [0, 0.1) is 0 Å². The van der Waals surface area contributed by atoms with Crippen LogP contribution < -0.4 is 14.8 Å². The summed E-state index contributed by atoms with van der Waals surface area (Å²) in [6.07, 6.45) is 1.66. The van der Waals surface area contributed by atoms with Crippen molar-refractivity contribution < 1.29 is 28.6 Å². The van der Waals surface area contributed by atoms with Crippen molar-refractivity contribution in [2.24, 2.45) is 7.05 Å². The zero-order valence-corrected chi connectivity index (χ0v) is 15.3. The molecule has 144 valence electrons. The van der Waals surface area contributed by atoms with E-state index < -0.39 is 24.4 Å². The Morgan fingerprint density at radius 2 is 1.70 bits per heavy atom. The molecule has 0 aliphatic carbocycles. The van der Waals surface area contributed by atoms with Crippen LogP contribution in [0.2, 0.25) is 0 Å². The molecule has 8 nitrogen and oxygen atoms in total. The maximum atomic E-state index is 11.9. The van der Waals surface area contributed by atoms with Gasteiger partial charge in [0.15, 0.2) is 6.61 Å². The average Bonchev–Trinajstić information content (AvgIpc) is 3.08. The first-order valence-electron chi connectivity index (χ1n) is 8.46. The normalized spacial score (nSPS) is 10.1. The number of hydrogen-bond acceptors (Lipinski definition) is 6. The van der Waals surface area contributed by atoms with Gasteiger partial charge in [-0.15, -0.1) is 0 Å². The van der Waals surface area contributed by atoms with Crippen molar-refractivity contribution in [1.82, 2.24) is 9.88 Å². The summed E-state index contributed by atoms with van der Waals surface area (Å²) in [5.74, 6) is -0.510. The summed E-state index contributed by atoms with van der Waals surface area (Å²) >= 11 is 0. The second-order valence-corrected chi connectivity index (χ2v) is 5.55. The number of hydrogen-bond donors (Lipinski definition) is 1. The second-order valence-electron chi connectivity index (χ2n) is 5.55. The third kappa shape index (κ3) is 6.50. The van der Waals surface area contributed by atoms with E-state index in [1.54, 1.807) is 54.2 Å². The summed E-state index contributed by atoms with van der Waals surface area (Å²) in [7, 11) is 1.68. The van der Waals surface area contributed by atoms with Gasteiger partial charge in [0.05, 0.1) is 19.6 Å². The number of carbonyl (C=O) groups excluding carboxylic acids is 3. The number of aromatic nitrogens is 1. The van der Waals surface area contributed by atoms with Gasteiger partial charge in [-0.2, -0.15) is 0 Å². The predicted molar refractivity (Wildman–Crippen MR) is 96.6 cm³/mol. The minimum atomic E-state index is -0.693. The summed E-state index contributed by atoms with van der Waals surface area (Å²) in [6, 6.07) is 10.3. The maximum Gasteiger partial charge on any atom is 0.309 e. The number of esters is 1. The number of benzene rings is 1. The number of carbonyl (C=O) groups is 3. The highest BCUT2D eigenvalue weighted by Gasteiger charge is 2.14. The van der Waals surface area contributed by atoms with E-state index in [0.717, 1.165) is 5.75 Å². The first-order valence-corrected chi connectivity index (χ1v) is 8.46. The molecule has 1 aromatic heterocycles. The monoisotopic (exact) mass is 374 g/mol. The number of rotatable bonds is 9. The van der Waals surface area contributed by atoms with E-state index in [2.05, 4.69) is 5.32 Å². The van der Waals surface area contributed by atoms with Gasteiger partial charge >= 0.3 is 5.97 Å². The van der Waals surface area contributed by atoms with Crippen LogP contribution in [0.15, 0.2) is 42.6 Å². The summed E-state index contributed by atoms with van der Waals surface area (Å²) in [5, 5.41) is 2.16. The molecule has 0 spiro atoms. The fourth-order valence-corrected chi connectivity index (χ4v) is 2.19. The standard InChI is InChI=1S/C19H22N2O6/c1-3-25-14-6-8-15(9-7-14)26-12-10-18(23)27-13-17(22)20-19(24)16-5-4-11-21(16)2/h4-9,11H,3,10,12-13H2,1-2H3,(H,20,22,24). The van der Waals surface area contributed by atoms with Crippen molar-refractivity contribution in [2.75, 3.05) is 19.8 Å². The van der Waals surface area contributed by atoms with Gasteiger partial charge in [0.1, 0.15) is 17.2 Å². The van der Waals surface area contributed by atoms with Gasteiger partial charge in [0.2, 0.25) is 0 Å². The van der Waals surface area contributed by atoms with Crippen LogP contribution in [0.25, 0.3) is 0 Å². The predicted octanol–water partition coefficient (Wildman–Crippen LogP) is 1.69. The van der Waals surface area contributed by atoms with Crippen LogP contribution in [-0.2, 0) is 21.4 Å². The first-order chi connectivity index (χ1) is 13.0. The molecule has 0 bridgehead atoms. The SMILES string of the molecule is CCOc1ccc(OCCC(=O)OCC(=O)NC(=O)c2cccn2C)cc1. The molecule has 0 aliphatic heterocycles. The summed E-state index contributed by atoms with van der Waals surface area (Å²) in [4.78, 5) is 35.2. The molecule has 0 saturated heterocycles. The van der Waals surface area contributed by atoms with Gasteiger partial charge in [-0.05, 0) is 43.3 Å². The number of aryl methyl sites for hydroxylation is 1. The van der Waals surface area contributed by atoms with E-state index in [4.69, 9.17) is 14.2 Å². The Balaban J connectivity index is 1.64. The van der Waals surface area contributed by atoms with Gasteiger partial charge in [0, 0.05) is 13.2 Å². The molecule has 1 aromatic carbocycles. The zero-order chi connectivity index (χ0) is 19.6. The van der Waals surface area contributed by atoms with Gasteiger partial charge in [-0.3, -0.25) is 19.7 Å². The fraction of sp³-hybridized carbons (Fsp3) is 0.316. The highest BCUT2D eigenvalue weighted by Crippen LogP contribution is 2.17. The van der Waals surface area contributed by atoms with E-state index in [0.29, 0.717) is 18.1 Å². The minimum Gasteiger partial charge on any atom is -0.494 e. The van der Waals surface area contributed by atoms with Crippen LogP contribution in [0.1, 0.15) is 23.8 Å². The Kier molecular flexibility index (Phi) is 7.42. The molecular formula is C19H22N2O6. The smallest absolute Gasteiger partial charge is 0.309 e. The molecule has 0 fully saturated rings. The van der Waals surface area contributed by atoms with Gasteiger partial charge < -0.3 is 18.8 Å². The number of nitrogens with zero attached hydrogens (tertiary/aromatic N) is 1. The van der Waals surface area contributed by atoms with Crippen LogP contribution in [0.3, 0.4) is 0 Å². The lowest BCUT2D eigenvalue weighted by molar-refractivity contribution is -0.148. The summed E-state index contributed by atoms with van der Waals surface area (Å²) < 4.78 is 17.2. The third-order valence-corrected chi connectivity index (χ3v) is 3.50. The molecule has 0 radical (unpaired) electrons. The molecule has 27 heavy (non-hydrogen) atoms. The van der Waals surface area contributed by atoms with Crippen LogP contribution in [-0.4, -0.2) is 42.2 Å². The number of amides is 2. The lowest BCUT2D eigenvalue weighted by Crippen LogP contribution is -2.35. The number of nitrogens with one attached hydrogen (secondary N) is 1. The van der Waals surface area contributed by atoms with E-state index >= 15 is 0 Å². The Morgan fingerprint density at radius 1 is 1.04 bits per heavy atom. The Labute approximate surface area is 157 Å².